The fourth-order valence-corrected chi connectivity index (χ4v) is 3.40. The van der Waals surface area contributed by atoms with Crippen LogP contribution in [-0.2, 0) is 16.1 Å². The average Bonchev–Trinajstić information content (AvgIpc) is 2.73. The van der Waals surface area contributed by atoms with Gasteiger partial charge in [0, 0.05) is 38.4 Å². The average molecular weight is 381 g/mol. The number of carbonyl (C=O) groups is 2. The molecule has 1 N–H and O–H groups in total. The first-order valence-corrected chi connectivity index (χ1v) is 9.53. The molecule has 1 aliphatic rings. The summed E-state index contributed by atoms with van der Waals surface area (Å²) in [4.78, 5) is 28.3. The topological polar surface area (TPSA) is 61.9 Å². The minimum Gasteiger partial charge on any atom is -0.465 e. The summed E-state index contributed by atoms with van der Waals surface area (Å²) in [6, 6.07) is 15.5. The number of anilines is 1. The van der Waals surface area contributed by atoms with Crippen molar-refractivity contribution < 1.29 is 14.3 Å². The molecule has 0 atom stereocenters. The smallest absolute Gasteiger partial charge is 0.337 e. The molecule has 3 rings (SSSR count). The van der Waals surface area contributed by atoms with E-state index < -0.39 is 0 Å². The molecule has 1 aliphatic heterocycles. The third kappa shape index (κ3) is 5.10. The maximum atomic E-state index is 12.3. The molecule has 6 heteroatoms. The SMILES string of the molecule is COC(=O)c1ccc(CNC(=O)CN2CCN(c3ccccc3C)CC2)cc1. The van der Waals surface area contributed by atoms with E-state index in [1.165, 1.54) is 18.4 Å². The monoisotopic (exact) mass is 381 g/mol. The van der Waals surface area contributed by atoms with Crippen LogP contribution in [0, 0.1) is 6.92 Å². The Bertz CT molecular complexity index is 812. The van der Waals surface area contributed by atoms with Gasteiger partial charge < -0.3 is 15.0 Å². The number of carbonyl (C=O) groups excluding carboxylic acids is 2. The standard InChI is InChI=1S/C22H27N3O3/c1-17-5-3-4-6-20(17)25-13-11-24(12-14-25)16-21(26)23-15-18-7-9-19(10-8-18)22(27)28-2/h3-10H,11-16H2,1-2H3,(H,23,26). The predicted octanol–water partition coefficient (Wildman–Crippen LogP) is 2.22. The van der Waals surface area contributed by atoms with Gasteiger partial charge in [0.1, 0.15) is 0 Å². The number of amides is 1. The van der Waals surface area contributed by atoms with Gasteiger partial charge in [0.25, 0.3) is 0 Å². The quantitative estimate of drug-likeness (QED) is 0.778. The molecule has 2 aromatic rings. The summed E-state index contributed by atoms with van der Waals surface area (Å²) >= 11 is 0. The number of ether oxygens (including phenoxy) is 1. The lowest BCUT2D eigenvalue weighted by atomic mass is 10.1. The first-order chi connectivity index (χ1) is 13.6. The first kappa shape index (κ1) is 19.9. The van der Waals surface area contributed by atoms with Crippen LogP contribution in [0.1, 0.15) is 21.5 Å². The Hall–Kier alpha value is -2.86. The lowest BCUT2D eigenvalue weighted by Gasteiger charge is -2.36. The fourth-order valence-electron chi connectivity index (χ4n) is 3.40. The van der Waals surface area contributed by atoms with Crippen LogP contribution in [0.4, 0.5) is 5.69 Å². The Balaban J connectivity index is 1.42. The third-order valence-corrected chi connectivity index (χ3v) is 5.06. The predicted molar refractivity (Wildman–Crippen MR) is 109 cm³/mol. The highest BCUT2D eigenvalue weighted by molar-refractivity contribution is 5.89. The van der Waals surface area contributed by atoms with Crippen molar-refractivity contribution in [2.75, 3.05) is 44.7 Å². The van der Waals surface area contributed by atoms with Crippen LogP contribution in [0.3, 0.4) is 0 Å². The summed E-state index contributed by atoms with van der Waals surface area (Å²) in [6.07, 6.45) is 0. The molecule has 0 saturated carbocycles. The summed E-state index contributed by atoms with van der Waals surface area (Å²) in [7, 11) is 1.36. The van der Waals surface area contributed by atoms with Crippen LogP contribution in [0.2, 0.25) is 0 Å². The number of para-hydroxylation sites is 1. The van der Waals surface area contributed by atoms with Crippen molar-refractivity contribution in [1.29, 1.82) is 0 Å². The zero-order valence-corrected chi connectivity index (χ0v) is 16.5. The fraction of sp³-hybridized carbons (Fsp3) is 0.364. The van der Waals surface area contributed by atoms with Crippen molar-refractivity contribution in [3.05, 3.63) is 65.2 Å². The van der Waals surface area contributed by atoms with E-state index in [0.717, 1.165) is 31.7 Å². The van der Waals surface area contributed by atoms with Gasteiger partial charge in [-0.1, -0.05) is 30.3 Å². The number of nitrogens with zero attached hydrogens (tertiary/aromatic N) is 2. The second kappa shape index (κ2) is 9.37. The Morgan fingerprint density at radius 1 is 1.00 bits per heavy atom. The van der Waals surface area contributed by atoms with Crippen LogP contribution < -0.4 is 10.2 Å². The molecule has 0 unspecified atom stereocenters. The van der Waals surface area contributed by atoms with E-state index in [1.807, 2.05) is 12.1 Å². The highest BCUT2D eigenvalue weighted by atomic mass is 16.5. The highest BCUT2D eigenvalue weighted by Gasteiger charge is 2.19. The number of aryl methyl sites for hydroxylation is 1. The number of nitrogens with one attached hydrogen (secondary N) is 1. The molecule has 0 aliphatic carbocycles. The van der Waals surface area contributed by atoms with E-state index >= 15 is 0 Å². The Morgan fingerprint density at radius 3 is 2.32 bits per heavy atom. The molecule has 0 aromatic heterocycles. The van der Waals surface area contributed by atoms with Crippen LogP contribution in [-0.4, -0.2) is 56.6 Å². The minimum absolute atomic E-state index is 0.0152. The molecule has 0 spiro atoms. The van der Waals surface area contributed by atoms with Crippen molar-refractivity contribution in [1.82, 2.24) is 10.2 Å². The highest BCUT2D eigenvalue weighted by Crippen LogP contribution is 2.20. The van der Waals surface area contributed by atoms with Gasteiger partial charge >= 0.3 is 5.97 Å². The zero-order chi connectivity index (χ0) is 19.9. The molecule has 148 valence electrons. The van der Waals surface area contributed by atoms with Crippen LogP contribution in [0.5, 0.6) is 0 Å². The van der Waals surface area contributed by atoms with Gasteiger partial charge in [-0.25, -0.2) is 4.79 Å². The first-order valence-electron chi connectivity index (χ1n) is 9.53. The third-order valence-electron chi connectivity index (χ3n) is 5.06. The van der Waals surface area contributed by atoms with Gasteiger partial charge in [-0.3, -0.25) is 9.69 Å². The van der Waals surface area contributed by atoms with E-state index in [4.69, 9.17) is 0 Å². The molecule has 0 bridgehead atoms. The lowest BCUT2D eigenvalue weighted by molar-refractivity contribution is -0.122. The summed E-state index contributed by atoms with van der Waals surface area (Å²) in [5.74, 6) is -0.346. The molecule has 28 heavy (non-hydrogen) atoms. The van der Waals surface area contributed by atoms with Gasteiger partial charge in [-0.05, 0) is 36.2 Å². The zero-order valence-electron chi connectivity index (χ0n) is 16.5. The van der Waals surface area contributed by atoms with Crippen molar-refractivity contribution in [3.8, 4) is 0 Å². The molecule has 6 nitrogen and oxygen atoms in total. The second-order valence-corrected chi connectivity index (χ2v) is 7.01. The molecule has 0 radical (unpaired) electrons. The number of piperazine rings is 1. The Kier molecular flexibility index (Phi) is 6.66. The normalized spacial score (nSPS) is 14.6. The molecule has 1 heterocycles. The number of rotatable bonds is 6. The van der Waals surface area contributed by atoms with E-state index in [2.05, 4.69) is 51.0 Å². The Morgan fingerprint density at radius 2 is 1.68 bits per heavy atom. The van der Waals surface area contributed by atoms with Crippen molar-refractivity contribution in [3.63, 3.8) is 0 Å². The molecule has 1 saturated heterocycles. The van der Waals surface area contributed by atoms with Gasteiger partial charge in [-0.2, -0.15) is 0 Å². The molecule has 1 amide bonds. The largest absolute Gasteiger partial charge is 0.465 e. The molecular weight excluding hydrogens is 354 g/mol. The Labute approximate surface area is 166 Å². The second-order valence-electron chi connectivity index (χ2n) is 7.01. The van der Waals surface area contributed by atoms with Crippen molar-refractivity contribution >= 4 is 17.6 Å². The van der Waals surface area contributed by atoms with E-state index in [-0.39, 0.29) is 11.9 Å². The summed E-state index contributed by atoms with van der Waals surface area (Å²) < 4.78 is 4.68. The van der Waals surface area contributed by atoms with Crippen LogP contribution in [0.15, 0.2) is 48.5 Å². The van der Waals surface area contributed by atoms with Crippen molar-refractivity contribution in [2.45, 2.75) is 13.5 Å². The number of esters is 1. The minimum atomic E-state index is -0.361. The molecule has 2 aromatic carbocycles. The lowest BCUT2D eigenvalue weighted by Crippen LogP contribution is -2.49. The number of hydrogen-bond acceptors (Lipinski definition) is 5. The number of hydrogen-bond donors (Lipinski definition) is 1. The summed E-state index contributed by atoms with van der Waals surface area (Å²) in [6.45, 7) is 6.57. The van der Waals surface area contributed by atoms with E-state index in [9.17, 15) is 9.59 Å². The van der Waals surface area contributed by atoms with Crippen LogP contribution in [0.25, 0.3) is 0 Å². The van der Waals surface area contributed by atoms with E-state index in [1.54, 1.807) is 12.1 Å². The maximum absolute atomic E-state index is 12.3. The van der Waals surface area contributed by atoms with E-state index in [0.29, 0.717) is 18.7 Å². The van der Waals surface area contributed by atoms with Gasteiger partial charge in [0.15, 0.2) is 0 Å². The number of benzene rings is 2. The summed E-state index contributed by atoms with van der Waals surface area (Å²) in [5, 5.41) is 2.95. The van der Waals surface area contributed by atoms with Gasteiger partial charge in [0.2, 0.25) is 5.91 Å². The maximum Gasteiger partial charge on any atom is 0.337 e. The van der Waals surface area contributed by atoms with Crippen LogP contribution >= 0.6 is 0 Å². The van der Waals surface area contributed by atoms with Gasteiger partial charge in [0.05, 0.1) is 19.2 Å². The van der Waals surface area contributed by atoms with Crippen molar-refractivity contribution in [2.24, 2.45) is 0 Å². The summed E-state index contributed by atoms with van der Waals surface area (Å²) in [5.41, 5.74) is 4.02. The van der Waals surface area contributed by atoms with Gasteiger partial charge in [-0.15, -0.1) is 0 Å². The molecular formula is C22H27N3O3. The number of methoxy groups -OCH3 is 1. The molecule has 1 fully saturated rings.